The molecular formula is C94H120Br2N4S5Si3. The SMILES string of the molecule is Brc1ccc(Br)c2nsnc12.C.C#C/C(CCC)=C(/C#Cc1ccc(C#C[Si](C(C)C)(C(C)C)C(C)C)s1)CCC.CCC/C(C#Cc1ccc(C#C[Si](C(C)C)(C(C)C)C(C)C)s1)=C(\C#Cc1ccc(C#C/C(CCC)=C(/C#Cc2ccc(C#C[Si](C(C)C)(C(C)C)C(C)C)s2)CCC)c2nsnc12)CCC. The average Bonchev–Trinajstić information content (AvgIpc) is 0.839. The predicted molar refractivity (Wildman–Crippen MR) is 497 cm³/mol. The molecule has 572 valence electrons. The number of benzene rings is 2. The Morgan fingerprint density at radius 3 is 0.759 bits per heavy atom. The lowest BCUT2D eigenvalue weighted by molar-refractivity contribution is 0.838. The summed E-state index contributed by atoms with van der Waals surface area (Å²) in [7, 11) is -5.31. The summed E-state index contributed by atoms with van der Waals surface area (Å²) >= 11 is 14.3. The lowest BCUT2D eigenvalue weighted by Crippen LogP contribution is -2.43. The van der Waals surface area contributed by atoms with Crippen LogP contribution in [-0.4, -0.2) is 41.7 Å². The number of halogens is 2. The van der Waals surface area contributed by atoms with Crippen molar-refractivity contribution in [2.75, 3.05) is 0 Å². The minimum Gasteiger partial charge on any atom is -0.172 e. The Balaban J connectivity index is 0.000000488. The van der Waals surface area contributed by atoms with Crippen LogP contribution in [0.3, 0.4) is 0 Å². The van der Waals surface area contributed by atoms with Gasteiger partial charge in [0.15, 0.2) is 0 Å². The minimum absolute atomic E-state index is 0. The molecule has 0 aliphatic carbocycles. The smallest absolute Gasteiger partial charge is 0.146 e. The van der Waals surface area contributed by atoms with E-state index in [1.807, 2.05) is 12.1 Å². The molecule has 2 aromatic carbocycles. The minimum atomic E-state index is -1.81. The topological polar surface area (TPSA) is 51.6 Å². The zero-order chi connectivity index (χ0) is 79.2. The van der Waals surface area contributed by atoms with Crippen molar-refractivity contribution >= 4 is 136 Å². The molecule has 0 N–H and O–H groups in total. The monoisotopic (exact) mass is 1710 g/mol. The number of hydrogen-bond donors (Lipinski definition) is 0. The van der Waals surface area contributed by atoms with Gasteiger partial charge in [-0.05, 0) is 181 Å². The van der Waals surface area contributed by atoms with Gasteiger partial charge in [0.2, 0.25) is 0 Å². The summed E-state index contributed by atoms with van der Waals surface area (Å²) in [6, 6.07) is 20.8. The molecular weight excluding hydrogens is 1590 g/mol. The molecule has 0 aliphatic heterocycles. The van der Waals surface area contributed by atoms with Crippen molar-refractivity contribution in [2.24, 2.45) is 0 Å². The first kappa shape index (κ1) is 94.4. The number of fused-ring (bicyclic) bond motifs is 2. The van der Waals surface area contributed by atoms with Gasteiger partial charge in [-0.2, -0.15) is 17.5 Å². The van der Waals surface area contributed by atoms with E-state index in [9.17, 15) is 0 Å². The van der Waals surface area contributed by atoms with Crippen molar-refractivity contribution in [3.8, 4) is 106 Å². The Hall–Kier alpha value is -5.95. The zero-order valence-corrected chi connectivity index (χ0v) is 78.9. The van der Waals surface area contributed by atoms with E-state index in [4.69, 9.17) is 15.2 Å². The van der Waals surface area contributed by atoms with Gasteiger partial charge in [0.05, 0.1) is 63.8 Å². The van der Waals surface area contributed by atoms with Gasteiger partial charge in [0, 0.05) is 42.4 Å². The first-order valence-corrected chi connectivity index (χ1v) is 51.1. The maximum atomic E-state index is 5.73. The van der Waals surface area contributed by atoms with E-state index in [1.165, 1.54) is 23.5 Å². The van der Waals surface area contributed by atoms with Gasteiger partial charge in [0.25, 0.3) is 0 Å². The second-order valence-corrected chi connectivity index (χ2v) is 53.1. The van der Waals surface area contributed by atoms with Gasteiger partial charge in [-0.3, -0.25) is 0 Å². The number of terminal acetylenes is 1. The zero-order valence-electron chi connectivity index (χ0n) is 68.6. The van der Waals surface area contributed by atoms with Crippen LogP contribution in [-0.2, 0) is 0 Å². The van der Waals surface area contributed by atoms with Crippen LogP contribution < -0.4 is 0 Å². The normalized spacial score (nSPS) is 12.0. The predicted octanol–water partition coefficient (Wildman–Crippen LogP) is 29.6. The highest BCUT2D eigenvalue weighted by Gasteiger charge is 2.44. The molecule has 14 heteroatoms. The molecule has 0 radical (unpaired) electrons. The Labute approximate surface area is 696 Å². The summed E-state index contributed by atoms with van der Waals surface area (Å²) in [5.41, 5.74) is 29.0. The summed E-state index contributed by atoms with van der Waals surface area (Å²) in [5, 5.41) is 0. The lowest BCUT2D eigenvalue weighted by atomic mass is 9.99. The van der Waals surface area contributed by atoms with Crippen molar-refractivity contribution in [1.29, 1.82) is 0 Å². The Kier molecular flexibility index (Phi) is 40.9. The van der Waals surface area contributed by atoms with E-state index in [0.29, 0.717) is 49.9 Å². The molecule has 5 heterocycles. The fraction of sp³-hybridized carbons (Fsp3) is 0.489. The first-order valence-electron chi connectivity index (χ1n) is 38.9. The van der Waals surface area contributed by atoms with Crippen LogP contribution in [0, 0.1) is 106 Å². The fourth-order valence-corrected chi connectivity index (χ4v) is 35.3. The molecule has 0 amide bonds. The second-order valence-electron chi connectivity index (χ2n) is 30.3. The molecule has 4 nitrogen and oxygen atoms in total. The third-order valence-corrected chi connectivity index (χ3v) is 44.3. The van der Waals surface area contributed by atoms with E-state index >= 15 is 0 Å². The van der Waals surface area contributed by atoms with Crippen molar-refractivity contribution in [3.63, 3.8) is 0 Å². The highest BCUT2D eigenvalue weighted by atomic mass is 79.9. The van der Waals surface area contributed by atoms with Gasteiger partial charge in [0.1, 0.15) is 46.3 Å². The van der Waals surface area contributed by atoms with E-state index < -0.39 is 24.2 Å². The van der Waals surface area contributed by atoms with Gasteiger partial charge >= 0.3 is 0 Å². The Bertz CT molecular complexity index is 4520. The first-order chi connectivity index (χ1) is 51.0. The van der Waals surface area contributed by atoms with Gasteiger partial charge in [-0.25, -0.2) is 0 Å². The number of hydrogen-bond acceptors (Lipinski definition) is 9. The maximum Gasteiger partial charge on any atom is 0.146 e. The number of allylic oxidation sites excluding steroid dienone is 6. The van der Waals surface area contributed by atoms with Gasteiger partial charge in [-0.15, -0.1) is 57.1 Å². The fourth-order valence-electron chi connectivity index (χ4n) is 15.1. The molecule has 0 saturated carbocycles. The van der Waals surface area contributed by atoms with E-state index in [0.717, 1.165) is 182 Å². The quantitative estimate of drug-likeness (QED) is 0.0531. The standard InChI is InChI=1S/C60H76N2S3Si2.C27H38SSi.C6H2Br2N2S.CH4/c1-17-21-49(51(23-19-3)31-33-55-35-37-57(63-55)39-41-66(43(5)6,44(7)8)45(9)10)25-27-53-29-30-54(60-59(53)61-65-62-60)28-26-50(22-18-2)52(24-20-4)32-34-56-36-38-58(64-56)40-42-67(46(11)12,47(13)14)48(15)16;1-10-13-24(12-3)25(14-11-2)15-16-26-17-18-27(28-26)19-20-29(21(4)5,22(6)7)23(8)9;7-3-1-2-4(8)6-5(3)9-11-10-6;/h29-30,35-38,43-48H,17-24H2,1-16H3;3,17-18,21-23H,10-11,13-14H2,1-2,4-9H3;1-2H;1H4/b51-49+,52-50+;25-24-;;. The van der Waals surface area contributed by atoms with Crippen molar-refractivity contribution in [2.45, 2.75) is 301 Å². The highest BCUT2D eigenvalue weighted by Crippen LogP contribution is 2.44. The van der Waals surface area contributed by atoms with Gasteiger partial charge in [-0.1, -0.05) is 295 Å². The van der Waals surface area contributed by atoms with Crippen molar-refractivity contribution in [1.82, 2.24) is 17.5 Å². The number of aromatic nitrogens is 4. The largest absolute Gasteiger partial charge is 0.172 e. The maximum absolute atomic E-state index is 5.73. The van der Waals surface area contributed by atoms with E-state index in [1.54, 1.807) is 34.0 Å². The summed E-state index contributed by atoms with van der Waals surface area (Å²) in [5.74, 6) is 48.6. The molecule has 0 aliphatic rings. The third-order valence-electron chi connectivity index (χ3n) is 20.3. The molecule has 0 atom stereocenters. The van der Waals surface area contributed by atoms with Crippen LogP contribution in [0.2, 0.25) is 49.9 Å². The van der Waals surface area contributed by atoms with E-state index in [-0.39, 0.29) is 7.43 Å². The molecule has 108 heavy (non-hydrogen) atoms. The van der Waals surface area contributed by atoms with Crippen molar-refractivity contribution in [3.05, 3.63) is 143 Å². The average molecular weight is 1710 g/mol. The molecule has 0 unspecified atom stereocenters. The Morgan fingerprint density at radius 1 is 0.315 bits per heavy atom. The molecule has 0 saturated heterocycles. The summed E-state index contributed by atoms with van der Waals surface area (Å²) in [4.78, 5) is 6.50. The second kappa shape index (κ2) is 46.8. The Morgan fingerprint density at radius 2 is 0.528 bits per heavy atom. The summed E-state index contributed by atoms with van der Waals surface area (Å²) in [6.45, 7) is 55.7. The molecule has 0 fully saturated rings. The number of nitrogens with zero attached hydrogens (tertiary/aromatic N) is 4. The molecule has 0 bridgehead atoms. The number of thiophene rings is 3. The van der Waals surface area contributed by atoms with Crippen molar-refractivity contribution < 1.29 is 0 Å². The summed E-state index contributed by atoms with van der Waals surface area (Å²) in [6.07, 6.45) is 17.3. The van der Waals surface area contributed by atoms with Crippen LogP contribution >= 0.6 is 89.3 Å². The van der Waals surface area contributed by atoms with Crippen LogP contribution in [0.4, 0.5) is 0 Å². The van der Waals surface area contributed by atoms with Crippen LogP contribution in [0.25, 0.3) is 22.1 Å². The molecule has 5 aromatic heterocycles. The van der Waals surface area contributed by atoms with Crippen LogP contribution in [0.1, 0.15) is 291 Å². The summed E-state index contributed by atoms with van der Waals surface area (Å²) < 4.78 is 19.7. The lowest BCUT2D eigenvalue weighted by Gasteiger charge is -2.38. The third kappa shape index (κ3) is 25.5. The van der Waals surface area contributed by atoms with Crippen LogP contribution in [0.15, 0.2) is 103 Å². The van der Waals surface area contributed by atoms with E-state index in [2.05, 4.69) is 355 Å². The number of rotatable bonds is 21. The van der Waals surface area contributed by atoms with Crippen LogP contribution in [0.5, 0.6) is 0 Å². The molecule has 7 rings (SSSR count). The molecule has 7 aromatic rings. The van der Waals surface area contributed by atoms with Gasteiger partial charge < -0.3 is 0 Å². The highest BCUT2D eigenvalue weighted by molar-refractivity contribution is 9.11. The molecule has 0 spiro atoms.